The standard InChI is InChI=1S/C14H19N3OS/c1-3-8-18-10-13-7-5-4-6-12(13)9-15-14-16-11(2)17-19-14/h4-7H,3,8-10H2,1-2H3,(H,15,16,17). The molecular weight excluding hydrogens is 258 g/mol. The van der Waals surface area contributed by atoms with Gasteiger partial charge in [-0.2, -0.15) is 4.37 Å². The van der Waals surface area contributed by atoms with E-state index in [0.29, 0.717) is 6.61 Å². The second-order valence-electron chi connectivity index (χ2n) is 4.32. The summed E-state index contributed by atoms with van der Waals surface area (Å²) in [5, 5.41) is 4.16. The third kappa shape index (κ3) is 4.29. The van der Waals surface area contributed by atoms with Gasteiger partial charge in [-0.25, -0.2) is 4.98 Å². The van der Waals surface area contributed by atoms with Crippen molar-refractivity contribution in [3.63, 3.8) is 0 Å². The van der Waals surface area contributed by atoms with Gasteiger partial charge in [0.1, 0.15) is 5.82 Å². The molecule has 0 unspecified atom stereocenters. The van der Waals surface area contributed by atoms with E-state index < -0.39 is 0 Å². The van der Waals surface area contributed by atoms with E-state index in [9.17, 15) is 0 Å². The normalized spacial score (nSPS) is 10.6. The summed E-state index contributed by atoms with van der Waals surface area (Å²) in [5.74, 6) is 0.812. The molecule has 1 aromatic heterocycles. The van der Waals surface area contributed by atoms with Gasteiger partial charge in [0.05, 0.1) is 6.61 Å². The lowest BCUT2D eigenvalue weighted by Crippen LogP contribution is -2.04. The van der Waals surface area contributed by atoms with Crippen LogP contribution in [0.2, 0.25) is 0 Å². The van der Waals surface area contributed by atoms with Crippen LogP contribution in [0.3, 0.4) is 0 Å². The van der Waals surface area contributed by atoms with Crippen LogP contribution in [0.4, 0.5) is 5.13 Å². The molecule has 1 aromatic carbocycles. The Balaban J connectivity index is 1.95. The van der Waals surface area contributed by atoms with Crippen molar-refractivity contribution in [3.8, 4) is 0 Å². The topological polar surface area (TPSA) is 47.0 Å². The first-order valence-electron chi connectivity index (χ1n) is 6.48. The molecule has 0 spiro atoms. The first-order chi connectivity index (χ1) is 9.29. The van der Waals surface area contributed by atoms with E-state index in [1.807, 2.05) is 19.1 Å². The van der Waals surface area contributed by atoms with Crippen molar-refractivity contribution in [1.82, 2.24) is 9.36 Å². The second kappa shape index (κ2) is 7.21. The lowest BCUT2D eigenvalue weighted by atomic mass is 10.1. The summed E-state index contributed by atoms with van der Waals surface area (Å²) in [6, 6.07) is 8.32. The Bertz CT molecular complexity index is 513. The van der Waals surface area contributed by atoms with E-state index in [0.717, 1.165) is 30.5 Å². The van der Waals surface area contributed by atoms with Crippen molar-refractivity contribution in [2.24, 2.45) is 0 Å². The lowest BCUT2D eigenvalue weighted by molar-refractivity contribution is 0.121. The molecule has 2 rings (SSSR count). The van der Waals surface area contributed by atoms with Crippen molar-refractivity contribution in [3.05, 3.63) is 41.2 Å². The molecule has 4 nitrogen and oxygen atoms in total. The van der Waals surface area contributed by atoms with Crippen molar-refractivity contribution < 1.29 is 4.74 Å². The molecule has 2 aromatic rings. The van der Waals surface area contributed by atoms with E-state index in [-0.39, 0.29) is 0 Å². The molecular formula is C14H19N3OS. The Morgan fingerprint density at radius 3 is 2.74 bits per heavy atom. The number of anilines is 1. The van der Waals surface area contributed by atoms with E-state index in [4.69, 9.17) is 4.74 Å². The predicted molar refractivity (Wildman–Crippen MR) is 78.4 cm³/mol. The molecule has 0 aliphatic heterocycles. The third-order valence-electron chi connectivity index (χ3n) is 2.68. The maximum atomic E-state index is 5.61. The first kappa shape index (κ1) is 14.0. The minimum Gasteiger partial charge on any atom is -0.377 e. The molecule has 5 heteroatoms. The quantitative estimate of drug-likeness (QED) is 0.788. The predicted octanol–water partition coefficient (Wildman–Crippen LogP) is 3.39. The summed E-state index contributed by atoms with van der Waals surface area (Å²) in [6.45, 7) is 6.23. The van der Waals surface area contributed by atoms with Gasteiger partial charge < -0.3 is 10.1 Å². The molecule has 0 aliphatic rings. The fraction of sp³-hybridized carbons (Fsp3) is 0.429. The summed E-state index contributed by atoms with van der Waals surface area (Å²) < 4.78 is 9.77. The third-order valence-corrected chi connectivity index (χ3v) is 3.45. The molecule has 0 saturated carbocycles. The average molecular weight is 277 g/mol. The largest absolute Gasteiger partial charge is 0.377 e. The van der Waals surface area contributed by atoms with Gasteiger partial charge in [-0.15, -0.1) is 0 Å². The number of hydrogen-bond acceptors (Lipinski definition) is 5. The number of nitrogens with zero attached hydrogens (tertiary/aromatic N) is 2. The van der Waals surface area contributed by atoms with Crippen LogP contribution < -0.4 is 5.32 Å². The molecule has 0 amide bonds. The fourth-order valence-corrected chi connectivity index (χ4v) is 2.31. The summed E-state index contributed by atoms with van der Waals surface area (Å²) in [6.07, 6.45) is 1.05. The molecule has 19 heavy (non-hydrogen) atoms. The van der Waals surface area contributed by atoms with Crippen LogP contribution in [0.5, 0.6) is 0 Å². The molecule has 0 atom stereocenters. The highest BCUT2D eigenvalue weighted by atomic mass is 32.1. The van der Waals surface area contributed by atoms with Crippen LogP contribution in [0.15, 0.2) is 24.3 Å². The first-order valence-corrected chi connectivity index (χ1v) is 7.25. The summed E-state index contributed by atoms with van der Waals surface area (Å²) in [5.41, 5.74) is 2.47. The van der Waals surface area contributed by atoms with Gasteiger partial charge in [0.25, 0.3) is 0 Å². The highest BCUT2D eigenvalue weighted by molar-refractivity contribution is 7.09. The summed E-state index contributed by atoms with van der Waals surface area (Å²) in [7, 11) is 0. The van der Waals surface area contributed by atoms with Crippen molar-refractivity contribution in [2.75, 3.05) is 11.9 Å². The Morgan fingerprint density at radius 2 is 2.05 bits per heavy atom. The molecule has 1 N–H and O–H groups in total. The van der Waals surface area contributed by atoms with E-state index in [1.54, 1.807) is 0 Å². The van der Waals surface area contributed by atoms with Crippen LogP contribution in [0, 0.1) is 6.92 Å². The van der Waals surface area contributed by atoms with Gasteiger partial charge in [-0.3, -0.25) is 0 Å². The molecule has 0 aliphatic carbocycles. The minimum atomic E-state index is 0.668. The van der Waals surface area contributed by atoms with Crippen molar-refractivity contribution in [2.45, 2.75) is 33.4 Å². The Morgan fingerprint density at radius 1 is 1.26 bits per heavy atom. The maximum absolute atomic E-state index is 5.61. The monoisotopic (exact) mass is 277 g/mol. The fourth-order valence-electron chi connectivity index (χ4n) is 1.74. The minimum absolute atomic E-state index is 0.668. The number of aromatic nitrogens is 2. The van der Waals surface area contributed by atoms with Crippen LogP contribution in [-0.2, 0) is 17.9 Å². The summed E-state index contributed by atoms with van der Waals surface area (Å²) in [4.78, 5) is 4.30. The Hall–Kier alpha value is -1.46. The average Bonchev–Trinajstić information content (AvgIpc) is 2.84. The van der Waals surface area contributed by atoms with Gasteiger partial charge in [-0.1, -0.05) is 31.2 Å². The SMILES string of the molecule is CCCOCc1ccccc1CNc1nc(C)ns1. The van der Waals surface area contributed by atoms with Gasteiger partial charge in [0.15, 0.2) is 0 Å². The number of ether oxygens (including phenoxy) is 1. The van der Waals surface area contributed by atoms with Crippen molar-refractivity contribution >= 4 is 16.7 Å². The highest BCUT2D eigenvalue weighted by Gasteiger charge is 2.04. The van der Waals surface area contributed by atoms with Crippen LogP contribution in [0.25, 0.3) is 0 Å². The molecule has 0 saturated heterocycles. The van der Waals surface area contributed by atoms with E-state index in [2.05, 4.69) is 33.7 Å². The number of nitrogens with one attached hydrogen (secondary N) is 1. The number of benzene rings is 1. The number of aryl methyl sites for hydroxylation is 1. The zero-order valence-electron chi connectivity index (χ0n) is 11.3. The Labute approximate surface area is 118 Å². The molecule has 0 bridgehead atoms. The van der Waals surface area contributed by atoms with Crippen LogP contribution in [-0.4, -0.2) is 16.0 Å². The van der Waals surface area contributed by atoms with Gasteiger partial charge in [-0.05, 0) is 24.5 Å². The number of hydrogen-bond donors (Lipinski definition) is 1. The van der Waals surface area contributed by atoms with Crippen LogP contribution in [0.1, 0.15) is 30.3 Å². The Kier molecular flexibility index (Phi) is 5.30. The lowest BCUT2D eigenvalue weighted by Gasteiger charge is -2.10. The zero-order chi connectivity index (χ0) is 13.5. The molecule has 0 radical (unpaired) electrons. The zero-order valence-corrected chi connectivity index (χ0v) is 12.2. The second-order valence-corrected chi connectivity index (χ2v) is 5.07. The van der Waals surface area contributed by atoms with E-state index >= 15 is 0 Å². The molecule has 102 valence electrons. The molecule has 0 fully saturated rings. The van der Waals surface area contributed by atoms with Gasteiger partial charge >= 0.3 is 0 Å². The van der Waals surface area contributed by atoms with Gasteiger partial charge in [0, 0.05) is 24.7 Å². The smallest absolute Gasteiger partial charge is 0.202 e. The molecule has 1 heterocycles. The highest BCUT2D eigenvalue weighted by Crippen LogP contribution is 2.15. The van der Waals surface area contributed by atoms with E-state index in [1.165, 1.54) is 22.7 Å². The number of rotatable bonds is 7. The van der Waals surface area contributed by atoms with Gasteiger partial charge in [0.2, 0.25) is 5.13 Å². The summed E-state index contributed by atoms with van der Waals surface area (Å²) >= 11 is 1.39. The van der Waals surface area contributed by atoms with Crippen molar-refractivity contribution in [1.29, 1.82) is 0 Å². The van der Waals surface area contributed by atoms with Crippen LogP contribution >= 0.6 is 11.5 Å². The maximum Gasteiger partial charge on any atom is 0.202 e.